The molecule has 2 rings (SSSR count). The molecular formula is C20H28N2O. The predicted octanol–water partition coefficient (Wildman–Crippen LogP) is 5.90. The van der Waals surface area contributed by atoms with Crippen LogP contribution in [0.5, 0.6) is 11.5 Å². The van der Waals surface area contributed by atoms with E-state index >= 15 is 0 Å². The van der Waals surface area contributed by atoms with E-state index in [-0.39, 0.29) is 0 Å². The number of hydrogen-bond donors (Lipinski definition) is 2. The minimum Gasteiger partial charge on any atom is -0.455 e. The van der Waals surface area contributed by atoms with Crippen molar-refractivity contribution in [3.05, 3.63) is 48.5 Å². The van der Waals surface area contributed by atoms with Crippen LogP contribution in [0.1, 0.15) is 40.5 Å². The number of benzene rings is 2. The highest BCUT2D eigenvalue weighted by molar-refractivity contribution is 5.76. The molecule has 0 saturated heterocycles. The molecule has 23 heavy (non-hydrogen) atoms. The first-order chi connectivity index (χ1) is 11.1. The molecule has 3 heteroatoms. The lowest BCUT2D eigenvalue weighted by Gasteiger charge is -2.23. The van der Waals surface area contributed by atoms with Gasteiger partial charge in [0.05, 0.1) is 5.69 Å². The Hall–Kier alpha value is -2.16. The van der Waals surface area contributed by atoms with E-state index in [2.05, 4.69) is 44.4 Å². The van der Waals surface area contributed by atoms with Gasteiger partial charge in [-0.05, 0) is 51.0 Å². The van der Waals surface area contributed by atoms with Crippen LogP contribution in [0.4, 0.5) is 11.4 Å². The van der Waals surface area contributed by atoms with Gasteiger partial charge in [0, 0.05) is 12.1 Å². The fourth-order valence-electron chi connectivity index (χ4n) is 2.22. The average Bonchev–Trinajstić information content (AvgIpc) is 2.58. The van der Waals surface area contributed by atoms with Crippen LogP contribution in [-0.4, -0.2) is 12.1 Å². The van der Waals surface area contributed by atoms with Gasteiger partial charge in [-0.25, -0.2) is 0 Å². The molecule has 2 atom stereocenters. The van der Waals surface area contributed by atoms with Crippen molar-refractivity contribution in [2.75, 3.05) is 10.6 Å². The Morgan fingerprint density at radius 1 is 0.826 bits per heavy atom. The SMILES string of the molecule is CCC(C)Nc1cccc(Oc2ccccc2)c1NC(C)CC. The quantitative estimate of drug-likeness (QED) is 0.636. The molecule has 0 aliphatic heterocycles. The average molecular weight is 312 g/mol. The van der Waals surface area contributed by atoms with E-state index in [4.69, 9.17) is 4.74 Å². The molecular weight excluding hydrogens is 284 g/mol. The fourth-order valence-corrected chi connectivity index (χ4v) is 2.22. The van der Waals surface area contributed by atoms with E-state index in [9.17, 15) is 0 Å². The summed E-state index contributed by atoms with van der Waals surface area (Å²) in [6, 6.07) is 16.9. The highest BCUT2D eigenvalue weighted by Gasteiger charge is 2.13. The zero-order valence-electron chi connectivity index (χ0n) is 14.6. The third-order valence-corrected chi connectivity index (χ3v) is 4.01. The summed E-state index contributed by atoms with van der Waals surface area (Å²) in [5.41, 5.74) is 2.12. The Morgan fingerprint density at radius 3 is 2.13 bits per heavy atom. The first-order valence-corrected chi connectivity index (χ1v) is 8.53. The first kappa shape index (κ1) is 17.2. The molecule has 2 aromatic rings. The molecule has 0 aliphatic carbocycles. The van der Waals surface area contributed by atoms with Gasteiger partial charge in [-0.2, -0.15) is 0 Å². The normalized spacial score (nSPS) is 13.2. The van der Waals surface area contributed by atoms with Gasteiger partial charge < -0.3 is 15.4 Å². The lowest BCUT2D eigenvalue weighted by Crippen LogP contribution is -2.19. The van der Waals surface area contributed by atoms with Gasteiger partial charge in [0.1, 0.15) is 11.4 Å². The summed E-state index contributed by atoms with van der Waals surface area (Å²) in [5.74, 6) is 1.70. The molecule has 2 N–H and O–H groups in total. The second-order valence-electron chi connectivity index (χ2n) is 6.00. The molecule has 3 nitrogen and oxygen atoms in total. The highest BCUT2D eigenvalue weighted by Crippen LogP contribution is 2.36. The molecule has 0 aliphatic rings. The summed E-state index contributed by atoms with van der Waals surface area (Å²) in [7, 11) is 0. The van der Waals surface area contributed by atoms with Crippen LogP contribution in [0.2, 0.25) is 0 Å². The number of para-hydroxylation sites is 2. The van der Waals surface area contributed by atoms with Crippen molar-refractivity contribution >= 4 is 11.4 Å². The largest absolute Gasteiger partial charge is 0.455 e. The Bertz CT molecular complexity index is 598. The van der Waals surface area contributed by atoms with Crippen LogP contribution in [0.3, 0.4) is 0 Å². The van der Waals surface area contributed by atoms with E-state index in [1.807, 2.05) is 42.5 Å². The first-order valence-electron chi connectivity index (χ1n) is 8.53. The van der Waals surface area contributed by atoms with Crippen molar-refractivity contribution < 1.29 is 4.74 Å². The van der Waals surface area contributed by atoms with E-state index in [1.165, 1.54) is 0 Å². The summed E-state index contributed by atoms with van der Waals surface area (Å²) in [6.07, 6.45) is 2.13. The second kappa shape index (κ2) is 8.47. The van der Waals surface area contributed by atoms with E-state index in [0.29, 0.717) is 12.1 Å². The Balaban J connectivity index is 2.33. The van der Waals surface area contributed by atoms with Gasteiger partial charge in [0.2, 0.25) is 0 Å². The van der Waals surface area contributed by atoms with Crippen LogP contribution in [0, 0.1) is 0 Å². The maximum atomic E-state index is 6.11. The van der Waals surface area contributed by atoms with Gasteiger partial charge in [-0.15, -0.1) is 0 Å². The third kappa shape index (κ3) is 4.92. The molecule has 0 aromatic heterocycles. The van der Waals surface area contributed by atoms with Crippen molar-refractivity contribution in [3.63, 3.8) is 0 Å². The summed E-state index contributed by atoms with van der Waals surface area (Å²) in [5, 5.41) is 7.16. The second-order valence-corrected chi connectivity index (χ2v) is 6.00. The van der Waals surface area contributed by atoms with Crippen molar-refractivity contribution in [2.24, 2.45) is 0 Å². The molecule has 0 amide bonds. The molecule has 2 unspecified atom stereocenters. The van der Waals surface area contributed by atoms with Gasteiger partial charge in [-0.1, -0.05) is 38.1 Å². The Morgan fingerprint density at radius 2 is 1.48 bits per heavy atom. The smallest absolute Gasteiger partial charge is 0.152 e. The van der Waals surface area contributed by atoms with Crippen molar-refractivity contribution in [1.29, 1.82) is 0 Å². The molecule has 2 aromatic carbocycles. The summed E-state index contributed by atoms with van der Waals surface area (Å²) < 4.78 is 6.11. The van der Waals surface area contributed by atoms with Crippen molar-refractivity contribution in [3.8, 4) is 11.5 Å². The van der Waals surface area contributed by atoms with Gasteiger partial charge in [-0.3, -0.25) is 0 Å². The third-order valence-electron chi connectivity index (χ3n) is 4.01. The molecule has 0 saturated carbocycles. The number of nitrogens with one attached hydrogen (secondary N) is 2. The maximum absolute atomic E-state index is 6.11. The standard InChI is InChI=1S/C20H28N2O/c1-5-15(3)21-18-13-10-14-19(20(18)22-16(4)6-2)23-17-11-8-7-9-12-17/h7-16,21-22H,5-6H2,1-4H3. The van der Waals surface area contributed by atoms with Crippen LogP contribution in [-0.2, 0) is 0 Å². The van der Waals surface area contributed by atoms with E-state index < -0.39 is 0 Å². The van der Waals surface area contributed by atoms with Gasteiger partial charge in [0.15, 0.2) is 5.75 Å². The number of anilines is 2. The topological polar surface area (TPSA) is 33.3 Å². The molecule has 0 bridgehead atoms. The zero-order chi connectivity index (χ0) is 16.7. The Kier molecular flexibility index (Phi) is 6.33. The number of ether oxygens (including phenoxy) is 1. The van der Waals surface area contributed by atoms with Gasteiger partial charge >= 0.3 is 0 Å². The van der Waals surface area contributed by atoms with Crippen molar-refractivity contribution in [1.82, 2.24) is 0 Å². The summed E-state index contributed by atoms with van der Waals surface area (Å²) in [6.45, 7) is 8.74. The lowest BCUT2D eigenvalue weighted by atomic mass is 10.1. The zero-order valence-corrected chi connectivity index (χ0v) is 14.6. The molecule has 0 fully saturated rings. The van der Waals surface area contributed by atoms with Crippen molar-refractivity contribution in [2.45, 2.75) is 52.6 Å². The van der Waals surface area contributed by atoms with E-state index in [0.717, 1.165) is 35.7 Å². The van der Waals surface area contributed by atoms with E-state index in [1.54, 1.807) is 0 Å². The minimum atomic E-state index is 0.382. The minimum absolute atomic E-state index is 0.382. The highest BCUT2D eigenvalue weighted by atomic mass is 16.5. The lowest BCUT2D eigenvalue weighted by molar-refractivity contribution is 0.483. The van der Waals surface area contributed by atoms with Crippen LogP contribution < -0.4 is 15.4 Å². The Labute approximate surface area is 140 Å². The monoisotopic (exact) mass is 312 g/mol. The van der Waals surface area contributed by atoms with Crippen LogP contribution in [0.15, 0.2) is 48.5 Å². The molecule has 0 spiro atoms. The molecule has 0 radical (unpaired) electrons. The molecule has 124 valence electrons. The predicted molar refractivity (Wildman–Crippen MR) is 99.7 cm³/mol. The summed E-state index contributed by atoms with van der Waals surface area (Å²) in [4.78, 5) is 0. The number of rotatable bonds is 8. The number of hydrogen-bond acceptors (Lipinski definition) is 3. The van der Waals surface area contributed by atoms with Crippen LogP contribution >= 0.6 is 0 Å². The van der Waals surface area contributed by atoms with Crippen LogP contribution in [0.25, 0.3) is 0 Å². The summed E-state index contributed by atoms with van der Waals surface area (Å²) >= 11 is 0. The fraction of sp³-hybridized carbons (Fsp3) is 0.400. The maximum Gasteiger partial charge on any atom is 0.152 e. The molecule has 0 heterocycles. The van der Waals surface area contributed by atoms with Gasteiger partial charge in [0.25, 0.3) is 0 Å².